The average Bonchev–Trinajstić information content (AvgIpc) is 2.67. The highest BCUT2D eigenvalue weighted by Crippen LogP contribution is 2.40. The number of nitrogens with zero attached hydrogens (tertiary/aromatic N) is 1. The van der Waals surface area contributed by atoms with Gasteiger partial charge in [-0.3, -0.25) is 4.90 Å². The van der Waals surface area contributed by atoms with Gasteiger partial charge in [0.15, 0.2) is 11.5 Å². The van der Waals surface area contributed by atoms with Crippen molar-refractivity contribution in [2.45, 2.75) is 50.0 Å². The van der Waals surface area contributed by atoms with Gasteiger partial charge in [-0.25, -0.2) is 4.79 Å². The molecule has 1 spiro atoms. The molecule has 156 valence electrons. The molecule has 3 rings (SSSR count). The van der Waals surface area contributed by atoms with E-state index in [1.807, 2.05) is 0 Å². The number of rotatable bonds is 5. The highest BCUT2D eigenvalue weighted by molar-refractivity contribution is 5.93. The summed E-state index contributed by atoms with van der Waals surface area (Å²) >= 11 is 0. The fourth-order valence-electron chi connectivity index (χ4n) is 4.33. The Morgan fingerprint density at radius 3 is 2.50 bits per heavy atom. The number of carboxylic acid groups (broad SMARTS) is 1. The summed E-state index contributed by atoms with van der Waals surface area (Å²) in [5.74, 6) is -0.480. The summed E-state index contributed by atoms with van der Waals surface area (Å²) in [6.45, 7) is 3.76. The van der Waals surface area contributed by atoms with Gasteiger partial charge in [0.25, 0.3) is 0 Å². The summed E-state index contributed by atoms with van der Waals surface area (Å²) in [7, 11) is 2.89. The smallest absolute Gasteiger partial charge is 0.339 e. The zero-order valence-corrected chi connectivity index (χ0v) is 16.6. The van der Waals surface area contributed by atoms with Crippen molar-refractivity contribution in [2.24, 2.45) is 0 Å². The van der Waals surface area contributed by atoms with Gasteiger partial charge < -0.3 is 29.5 Å². The minimum atomic E-state index is -1.15. The number of ether oxygens (including phenoxy) is 3. The lowest BCUT2D eigenvalue weighted by Crippen LogP contribution is -2.64. The monoisotopic (exact) mass is 395 g/mol. The number of carboxylic acids is 1. The largest absolute Gasteiger partial charge is 0.493 e. The molecule has 0 bridgehead atoms. The van der Waals surface area contributed by atoms with Crippen LogP contribution in [0.15, 0.2) is 12.1 Å². The molecule has 8 nitrogen and oxygen atoms in total. The Morgan fingerprint density at radius 1 is 1.25 bits per heavy atom. The number of carbonyl (C=O) groups is 1. The second kappa shape index (κ2) is 7.87. The number of aliphatic hydroxyl groups is 2. The number of likely N-dealkylation sites (tertiary alicyclic amines) is 1. The van der Waals surface area contributed by atoms with Crippen LogP contribution in [0.25, 0.3) is 0 Å². The van der Waals surface area contributed by atoms with Crippen molar-refractivity contribution in [3.8, 4) is 11.5 Å². The molecule has 0 unspecified atom stereocenters. The first-order chi connectivity index (χ1) is 13.2. The van der Waals surface area contributed by atoms with Crippen LogP contribution >= 0.6 is 0 Å². The van der Waals surface area contributed by atoms with Gasteiger partial charge in [0, 0.05) is 26.1 Å². The molecule has 0 amide bonds. The molecular weight excluding hydrogens is 366 g/mol. The topological polar surface area (TPSA) is 109 Å². The first-order valence-corrected chi connectivity index (χ1v) is 9.48. The number of benzene rings is 1. The van der Waals surface area contributed by atoms with Crippen molar-refractivity contribution >= 4 is 5.97 Å². The maximum Gasteiger partial charge on any atom is 0.339 e. The summed E-state index contributed by atoms with van der Waals surface area (Å²) in [6.07, 6.45) is 0.611. The average molecular weight is 395 g/mol. The third-order valence-electron chi connectivity index (χ3n) is 6.03. The Bertz CT molecular complexity index is 726. The highest BCUT2D eigenvalue weighted by Gasteiger charge is 2.52. The van der Waals surface area contributed by atoms with Crippen LogP contribution in [0.4, 0.5) is 0 Å². The van der Waals surface area contributed by atoms with Gasteiger partial charge in [-0.05, 0) is 31.4 Å². The number of aliphatic hydroxyl groups excluding tert-OH is 1. The molecule has 0 saturated carbocycles. The maximum atomic E-state index is 11.8. The lowest BCUT2D eigenvalue weighted by molar-refractivity contribution is -0.246. The molecule has 0 aromatic heterocycles. The van der Waals surface area contributed by atoms with Crippen LogP contribution in [0.5, 0.6) is 11.5 Å². The van der Waals surface area contributed by atoms with Crippen molar-refractivity contribution in [2.75, 3.05) is 33.9 Å². The molecule has 2 aliphatic heterocycles. The quantitative estimate of drug-likeness (QED) is 0.684. The van der Waals surface area contributed by atoms with Crippen LogP contribution in [0.2, 0.25) is 0 Å². The van der Waals surface area contributed by atoms with E-state index in [-0.39, 0.29) is 11.3 Å². The third kappa shape index (κ3) is 3.69. The number of piperidine rings is 1. The molecule has 2 aliphatic rings. The van der Waals surface area contributed by atoms with Crippen LogP contribution in [-0.4, -0.2) is 77.4 Å². The lowest BCUT2D eigenvalue weighted by Gasteiger charge is -2.51. The molecule has 0 radical (unpaired) electrons. The zero-order valence-electron chi connectivity index (χ0n) is 16.6. The number of hydrogen-bond donors (Lipinski definition) is 3. The number of aromatic carboxylic acids is 1. The van der Waals surface area contributed by atoms with E-state index in [1.165, 1.54) is 14.2 Å². The van der Waals surface area contributed by atoms with E-state index in [0.717, 1.165) is 0 Å². The second-order valence-electron chi connectivity index (χ2n) is 7.84. The van der Waals surface area contributed by atoms with Crippen molar-refractivity contribution in [1.29, 1.82) is 0 Å². The van der Waals surface area contributed by atoms with Gasteiger partial charge in [-0.1, -0.05) is 6.07 Å². The Kier molecular flexibility index (Phi) is 5.86. The van der Waals surface area contributed by atoms with Gasteiger partial charge in [-0.15, -0.1) is 0 Å². The molecule has 2 saturated heterocycles. The molecular formula is C20H29NO7. The van der Waals surface area contributed by atoms with Crippen LogP contribution in [0, 0.1) is 0 Å². The Labute approximate surface area is 164 Å². The van der Waals surface area contributed by atoms with Crippen molar-refractivity contribution < 1.29 is 34.3 Å². The Morgan fingerprint density at radius 2 is 1.93 bits per heavy atom. The van der Waals surface area contributed by atoms with Crippen LogP contribution < -0.4 is 9.47 Å². The van der Waals surface area contributed by atoms with E-state index in [9.17, 15) is 20.1 Å². The Hall–Kier alpha value is -1.87. The van der Waals surface area contributed by atoms with Gasteiger partial charge in [0.2, 0.25) is 0 Å². The van der Waals surface area contributed by atoms with Crippen LogP contribution in [-0.2, 0) is 11.3 Å². The number of methoxy groups -OCH3 is 2. The standard InChI is InChI=1S/C20H29NO7/c1-19(25)8-11-28-20(18(19)24)6-9-21(10-7-20)12-13-4-5-14(26-2)16(27-3)15(13)17(22)23/h4-5,18,24-25H,6-12H2,1-3H3,(H,22,23)/t18-,19+/m0/s1. The predicted octanol–water partition coefficient (Wildman–Crippen LogP) is 1.27. The lowest BCUT2D eigenvalue weighted by atomic mass is 9.75. The molecule has 1 aromatic rings. The molecule has 1 aromatic carbocycles. The SMILES string of the molecule is COc1ccc(CN2CCC3(CC2)OCC[C@@](C)(O)[C@@H]3O)c(C(=O)O)c1OC. The van der Waals surface area contributed by atoms with Crippen LogP contribution in [0.3, 0.4) is 0 Å². The van der Waals surface area contributed by atoms with E-state index < -0.39 is 23.3 Å². The molecule has 2 atom stereocenters. The van der Waals surface area contributed by atoms with Crippen molar-refractivity contribution in [1.82, 2.24) is 4.90 Å². The molecule has 2 heterocycles. The zero-order chi connectivity index (χ0) is 20.5. The number of hydrogen-bond acceptors (Lipinski definition) is 7. The Balaban J connectivity index is 1.76. The predicted molar refractivity (Wildman–Crippen MR) is 101 cm³/mol. The first kappa shape index (κ1) is 20.9. The highest BCUT2D eigenvalue weighted by atomic mass is 16.5. The van der Waals surface area contributed by atoms with Crippen molar-refractivity contribution in [3.63, 3.8) is 0 Å². The van der Waals surface area contributed by atoms with Gasteiger partial charge in [0.1, 0.15) is 11.7 Å². The molecule has 2 fully saturated rings. The minimum Gasteiger partial charge on any atom is -0.493 e. The van der Waals surface area contributed by atoms with Gasteiger partial charge in [0.05, 0.1) is 32.0 Å². The summed E-state index contributed by atoms with van der Waals surface area (Å²) in [4.78, 5) is 14.0. The molecule has 28 heavy (non-hydrogen) atoms. The van der Waals surface area contributed by atoms with Crippen LogP contribution in [0.1, 0.15) is 42.1 Å². The van der Waals surface area contributed by atoms with E-state index in [1.54, 1.807) is 19.1 Å². The van der Waals surface area contributed by atoms with E-state index >= 15 is 0 Å². The summed E-state index contributed by atoms with van der Waals surface area (Å²) in [5.41, 5.74) is -1.16. The normalized spacial score (nSPS) is 27.5. The van der Waals surface area contributed by atoms with E-state index in [2.05, 4.69) is 4.90 Å². The maximum absolute atomic E-state index is 11.8. The molecule has 0 aliphatic carbocycles. The summed E-state index contributed by atoms with van der Waals surface area (Å²) < 4.78 is 16.4. The molecule has 8 heteroatoms. The minimum absolute atomic E-state index is 0.0963. The van der Waals surface area contributed by atoms with Crippen molar-refractivity contribution in [3.05, 3.63) is 23.3 Å². The summed E-state index contributed by atoms with van der Waals surface area (Å²) in [5, 5.41) is 30.7. The third-order valence-corrected chi connectivity index (χ3v) is 6.03. The van der Waals surface area contributed by atoms with Gasteiger partial charge >= 0.3 is 5.97 Å². The first-order valence-electron chi connectivity index (χ1n) is 9.48. The molecule has 3 N–H and O–H groups in total. The fraction of sp³-hybridized carbons (Fsp3) is 0.650. The second-order valence-corrected chi connectivity index (χ2v) is 7.84. The fourth-order valence-corrected chi connectivity index (χ4v) is 4.33. The van der Waals surface area contributed by atoms with Gasteiger partial charge in [-0.2, -0.15) is 0 Å². The van der Waals surface area contributed by atoms with E-state index in [4.69, 9.17) is 14.2 Å². The van der Waals surface area contributed by atoms with E-state index in [0.29, 0.717) is 56.8 Å². The summed E-state index contributed by atoms with van der Waals surface area (Å²) in [6, 6.07) is 3.45.